The normalized spacial score (nSPS) is 16.9. The van der Waals surface area contributed by atoms with Gasteiger partial charge in [-0.25, -0.2) is 0 Å². The predicted molar refractivity (Wildman–Crippen MR) is 80.7 cm³/mol. The van der Waals surface area contributed by atoms with Gasteiger partial charge in [-0.15, -0.1) is 12.4 Å². The van der Waals surface area contributed by atoms with Crippen molar-refractivity contribution in [2.24, 2.45) is 11.1 Å². The Kier molecular flexibility index (Phi) is 9.59. The van der Waals surface area contributed by atoms with E-state index in [0.717, 1.165) is 25.7 Å². The van der Waals surface area contributed by atoms with E-state index in [-0.39, 0.29) is 36.1 Å². The molecule has 0 unspecified atom stereocenters. The molecule has 0 aromatic carbocycles. The van der Waals surface area contributed by atoms with Crippen LogP contribution in [0, 0.1) is 5.41 Å². The summed E-state index contributed by atoms with van der Waals surface area (Å²) in [6.07, 6.45) is 6.35. The van der Waals surface area contributed by atoms with Crippen LogP contribution < -0.4 is 11.1 Å². The molecule has 0 aliphatic heterocycles. The van der Waals surface area contributed by atoms with Crippen LogP contribution in [0.1, 0.15) is 51.9 Å². The lowest BCUT2D eigenvalue weighted by molar-refractivity contribution is -0.143. The second-order valence-corrected chi connectivity index (χ2v) is 5.35. The summed E-state index contributed by atoms with van der Waals surface area (Å²) in [4.78, 5) is 23.0. The number of ether oxygens (including phenoxy) is 1. The van der Waals surface area contributed by atoms with E-state index in [1.807, 2.05) is 0 Å². The largest absolute Gasteiger partial charge is 0.466 e. The van der Waals surface area contributed by atoms with Crippen LogP contribution in [0.5, 0.6) is 0 Å². The zero-order valence-corrected chi connectivity index (χ0v) is 13.1. The van der Waals surface area contributed by atoms with Crippen molar-refractivity contribution in [2.75, 3.05) is 19.7 Å². The van der Waals surface area contributed by atoms with Gasteiger partial charge in [0.05, 0.1) is 13.0 Å². The van der Waals surface area contributed by atoms with E-state index in [1.54, 1.807) is 6.92 Å². The molecule has 1 rings (SSSR count). The van der Waals surface area contributed by atoms with Gasteiger partial charge in [0.15, 0.2) is 0 Å². The van der Waals surface area contributed by atoms with Gasteiger partial charge in [0.25, 0.3) is 0 Å². The van der Waals surface area contributed by atoms with Crippen molar-refractivity contribution in [1.29, 1.82) is 0 Å². The molecule has 0 heterocycles. The van der Waals surface area contributed by atoms with Crippen LogP contribution in [0.3, 0.4) is 0 Å². The van der Waals surface area contributed by atoms with Crippen molar-refractivity contribution in [2.45, 2.75) is 51.9 Å². The number of carbonyl (C=O) groups excluding carboxylic acids is 2. The first-order chi connectivity index (χ1) is 9.12. The minimum atomic E-state index is -0.269. The maximum atomic E-state index is 11.9. The Balaban J connectivity index is 0.00000361. The Morgan fingerprint density at radius 1 is 1.25 bits per heavy atom. The van der Waals surface area contributed by atoms with Crippen LogP contribution in [0.25, 0.3) is 0 Å². The highest BCUT2D eigenvalue weighted by Crippen LogP contribution is 2.38. The molecule has 1 saturated carbocycles. The molecule has 0 aromatic heterocycles. The van der Waals surface area contributed by atoms with Crippen molar-refractivity contribution in [3.8, 4) is 0 Å². The Bertz CT molecular complexity index is 305. The van der Waals surface area contributed by atoms with E-state index in [2.05, 4.69) is 5.32 Å². The lowest BCUT2D eigenvalue weighted by Gasteiger charge is -2.35. The quantitative estimate of drug-likeness (QED) is 0.702. The van der Waals surface area contributed by atoms with E-state index in [0.29, 0.717) is 26.1 Å². The smallest absolute Gasteiger partial charge is 0.307 e. The zero-order valence-electron chi connectivity index (χ0n) is 12.3. The molecular formula is C14H27ClN2O3. The van der Waals surface area contributed by atoms with Crippen molar-refractivity contribution in [3.05, 3.63) is 0 Å². The molecule has 20 heavy (non-hydrogen) atoms. The standard InChI is InChI=1S/C14H26N2O3.ClH/c1-2-19-13(18)6-9-16-12(17)10-14(11-15)7-4-3-5-8-14;/h2-11,15H2,1H3,(H,16,17);1H. The minimum absolute atomic E-state index is 0. The molecule has 6 heteroatoms. The number of nitrogens with two attached hydrogens (primary N) is 1. The predicted octanol–water partition coefficient (Wildman–Crippen LogP) is 1.78. The SMILES string of the molecule is CCOC(=O)CCNC(=O)CC1(CN)CCCCC1.Cl. The van der Waals surface area contributed by atoms with Crippen LogP contribution in [-0.2, 0) is 14.3 Å². The summed E-state index contributed by atoms with van der Waals surface area (Å²) in [5, 5.41) is 2.78. The summed E-state index contributed by atoms with van der Waals surface area (Å²) in [6, 6.07) is 0. The molecule has 118 valence electrons. The van der Waals surface area contributed by atoms with Gasteiger partial charge >= 0.3 is 5.97 Å². The molecule has 0 saturated heterocycles. The molecule has 1 amide bonds. The van der Waals surface area contributed by atoms with Crippen LogP contribution in [0.2, 0.25) is 0 Å². The fourth-order valence-electron chi connectivity index (χ4n) is 2.70. The second kappa shape index (κ2) is 10.00. The van der Waals surface area contributed by atoms with Gasteiger partial charge in [-0.2, -0.15) is 0 Å². The monoisotopic (exact) mass is 306 g/mol. The van der Waals surface area contributed by atoms with Crippen molar-refractivity contribution < 1.29 is 14.3 Å². The summed E-state index contributed by atoms with van der Waals surface area (Å²) >= 11 is 0. The van der Waals surface area contributed by atoms with E-state index in [9.17, 15) is 9.59 Å². The van der Waals surface area contributed by atoms with Gasteiger partial charge in [0.1, 0.15) is 0 Å². The summed E-state index contributed by atoms with van der Waals surface area (Å²) in [6.45, 7) is 3.06. The Morgan fingerprint density at radius 2 is 1.90 bits per heavy atom. The lowest BCUT2D eigenvalue weighted by Crippen LogP contribution is -2.39. The van der Waals surface area contributed by atoms with Gasteiger partial charge in [-0.3, -0.25) is 9.59 Å². The van der Waals surface area contributed by atoms with Gasteiger partial charge in [-0.05, 0) is 31.7 Å². The zero-order chi connectivity index (χ0) is 14.1. The van der Waals surface area contributed by atoms with E-state index >= 15 is 0 Å². The van der Waals surface area contributed by atoms with E-state index in [1.165, 1.54) is 6.42 Å². The van der Waals surface area contributed by atoms with Crippen LogP contribution in [0.4, 0.5) is 0 Å². The number of rotatable bonds is 7. The number of carbonyl (C=O) groups is 2. The highest BCUT2D eigenvalue weighted by molar-refractivity contribution is 5.85. The van der Waals surface area contributed by atoms with Crippen molar-refractivity contribution in [1.82, 2.24) is 5.32 Å². The van der Waals surface area contributed by atoms with Crippen LogP contribution in [0.15, 0.2) is 0 Å². The van der Waals surface area contributed by atoms with Gasteiger partial charge in [0, 0.05) is 13.0 Å². The molecule has 0 aromatic rings. The first kappa shape index (κ1) is 19.2. The first-order valence-electron chi connectivity index (χ1n) is 7.24. The van der Waals surface area contributed by atoms with Crippen LogP contribution >= 0.6 is 12.4 Å². The maximum Gasteiger partial charge on any atom is 0.307 e. The summed E-state index contributed by atoms with van der Waals surface area (Å²) in [5.41, 5.74) is 5.83. The van der Waals surface area contributed by atoms with Crippen molar-refractivity contribution >= 4 is 24.3 Å². The summed E-state index contributed by atoms with van der Waals surface area (Å²) in [7, 11) is 0. The molecule has 1 fully saturated rings. The molecule has 0 radical (unpaired) electrons. The van der Waals surface area contributed by atoms with Gasteiger partial charge < -0.3 is 15.8 Å². The number of halogens is 1. The summed E-state index contributed by atoms with van der Waals surface area (Å²) < 4.78 is 4.80. The van der Waals surface area contributed by atoms with E-state index < -0.39 is 0 Å². The second-order valence-electron chi connectivity index (χ2n) is 5.35. The average Bonchev–Trinajstić information content (AvgIpc) is 2.40. The molecule has 0 spiro atoms. The van der Waals surface area contributed by atoms with Gasteiger partial charge in [-0.1, -0.05) is 19.3 Å². The average molecular weight is 307 g/mol. The van der Waals surface area contributed by atoms with Crippen molar-refractivity contribution in [3.63, 3.8) is 0 Å². The third-order valence-electron chi connectivity index (χ3n) is 3.84. The Hall–Kier alpha value is -0.810. The fourth-order valence-corrected chi connectivity index (χ4v) is 2.70. The molecule has 0 atom stereocenters. The molecular weight excluding hydrogens is 280 g/mol. The highest BCUT2D eigenvalue weighted by atomic mass is 35.5. The molecule has 5 nitrogen and oxygen atoms in total. The molecule has 1 aliphatic rings. The third kappa shape index (κ3) is 6.57. The summed E-state index contributed by atoms with van der Waals surface area (Å²) in [5.74, 6) is -0.273. The minimum Gasteiger partial charge on any atom is -0.466 e. The van der Waals surface area contributed by atoms with E-state index in [4.69, 9.17) is 10.5 Å². The number of hydrogen-bond donors (Lipinski definition) is 2. The first-order valence-corrected chi connectivity index (χ1v) is 7.24. The molecule has 0 bridgehead atoms. The van der Waals surface area contributed by atoms with Gasteiger partial charge in [0.2, 0.25) is 5.91 Å². The number of nitrogens with one attached hydrogen (secondary N) is 1. The maximum absolute atomic E-state index is 11.9. The number of amides is 1. The number of esters is 1. The molecule has 1 aliphatic carbocycles. The molecule has 3 N–H and O–H groups in total. The Morgan fingerprint density at radius 3 is 2.45 bits per heavy atom. The lowest BCUT2D eigenvalue weighted by atomic mass is 9.71. The number of hydrogen-bond acceptors (Lipinski definition) is 4. The Labute approximate surface area is 127 Å². The highest BCUT2D eigenvalue weighted by Gasteiger charge is 2.32. The fraction of sp³-hybridized carbons (Fsp3) is 0.857. The third-order valence-corrected chi connectivity index (χ3v) is 3.84. The van der Waals surface area contributed by atoms with Crippen LogP contribution in [-0.4, -0.2) is 31.6 Å². The topological polar surface area (TPSA) is 81.4 Å².